The van der Waals surface area contributed by atoms with E-state index in [4.69, 9.17) is 27.7 Å². The first-order valence-electron chi connectivity index (χ1n) is 5.82. The normalized spacial score (nSPS) is 10.8. The number of nitrogens with zero attached hydrogens (tertiary/aromatic N) is 1. The second kappa shape index (κ2) is 5.27. The summed E-state index contributed by atoms with van der Waals surface area (Å²) in [6, 6.07) is 13.8. The summed E-state index contributed by atoms with van der Waals surface area (Å²) in [4.78, 5) is 0. The van der Waals surface area contributed by atoms with Gasteiger partial charge in [0.05, 0.1) is 10.0 Å². The van der Waals surface area contributed by atoms with Crippen molar-refractivity contribution in [3.63, 3.8) is 0 Å². The molecule has 0 bridgehead atoms. The van der Waals surface area contributed by atoms with Crippen LogP contribution in [0.5, 0.6) is 0 Å². The first-order valence-corrected chi connectivity index (χ1v) is 6.58. The zero-order chi connectivity index (χ0) is 14.1. The fraction of sp³-hybridized carbons (Fsp3) is 0. The summed E-state index contributed by atoms with van der Waals surface area (Å²) in [6.07, 6.45) is 0. The predicted octanol–water partition coefficient (Wildman–Crippen LogP) is 5.45. The zero-order valence-corrected chi connectivity index (χ0v) is 11.6. The standard InChI is InChI=1S/C15H8Cl2FNO/c16-11-7-12(17)13(18)6-10(11)15-8-14(19-20-15)9-4-2-1-3-5-9/h1-8H. The van der Waals surface area contributed by atoms with Gasteiger partial charge in [0.1, 0.15) is 11.5 Å². The largest absolute Gasteiger partial charge is 0.356 e. The minimum atomic E-state index is -0.552. The van der Waals surface area contributed by atoms with E-state index in [-0.39, 0.29) is 5.02 Å². The SMILES string of the molecule is Fc1cc(-c2cc(-c3ccccc3)no2)c(Cl)cc1Cl. The lowest BCUT2D eigenvalue weighted by Gasteiger charge is -2.01. The summed E-state index contributed by atoms with van der Waals surface area (Å²) in [6.45, 7) is 0. The third-order valence-corrected chi connectivity index (χ3v) is 3.46. The second-order valence-electron chi connectivity index (χ2n) is 4.19. The van der Waals surface area contributed by atoms with E-state index in [2.05, 4.69) is 5.16 Å². The summed E-state index contributed by atoms with van der Waals surface area (Å²) in [7, 11) is 0. The van der Waals surface area contributed by atoms with Crippen LogP contribution in [-0.2, 0) is 0 Å². The lowest BCUT2D eigenvalue weighted by molar-refractivity contribution is 0.434. The third kappa shape index (κ3) is 2.42. The van der Waals surface area contributed by atoms with E-state index in [1.807, 2.05) is 30.3 Å². The highest BCUT2D eigenvalue weighted by atomic mass is 35.5. The van der Waals surface area contributed by atoms with E-state index in [9.17, 15) is 4.39 Å². The van der Waals surface area contributed by atoms with Gasteiger partial charge < -0.3 is 4.52 Å². The Hall–Kier alpha value is -1.84. The molecule has 5 heteroatoms. The average molecular weight is 308 g/mol. The zero-order valence-electron chi connectivity index (χ0n) is 10.1. The molecular weight excluding hydrogens is 300 g/mol. The van der Waals surface area contributed by atoms with Gasteiger partial charge in [0, 0.05) is 17.2 Å². The summed E-state index contributed by atoms with van der Waals surface area (Å²) >= 11 is 11.7. The van der Waals surface area contributed by atoms with Gasteiger partial charge in [-0.3, -0.25) is 0 Å². The molecule has 0 saturated heterocycles. The third-order valence-electron chi connectivity index (χ3n) is 2.86. The minimum Gasteiger partial charge on any atom is -0.356 e. The fourth-order valence-electron chi connectivity index (χ4n) is 1.86. The van der Waals surface area contributed by atoms with E-state index in [1.165, 1.54) is 12.1 Å². The molecule has 2 aromatic carbocycles. The molecule has 0 fully saturated rings. The van der Waals surface area contributed by atoms with Gasteiger partial charge >= 0.3 is 0 Å². The van der Waals surface area contributed by atoms with Crippen molar-refractivity contribution < 1.29 is 8.91 Å². The molecular formula is C15H8Cl2FNO. The Morgan fingerprint density at radius 3 is 2.45 bits per heavy atom. The van der Waals surface area contributed by atoms with Crippen molar-refractivity contribution in [2.24, 2.45) is 0 Å². The lowest BCUT2D eigenvalue weighted by atomic mass is 10.1. The van der Waals surface area contributed by atoms with Gasteiger partial charge in [-0.05, 0) is 12.1 Å². The number of halogens is 3. The summed E-state index contributed by atoms with van der Waals surface area (Å²) in [5.74, 6) is -0.159. The minimum absolute atomic E-state index is 0.0263. The predicted molar refractivity (Wildman–Crippen MR) is 77.4 cm³/mol. The Morgan fingerprint density at radius 2 is 1.70 bits per heavy atom. The van der Waals surface area contributed by atoms with E-state index < -0.39 is 5.82 Å². The number of rotatable bonds is 2. The molecule has 0 atom stereocenters. The quantitative estimate of drug-likeness (QED) is 0.588. The van der Waals surface area contributed by atoms with Gasteiger partial charge in [0.2, 0.25) is 0 Å². The monoisotopic (exact) mass is 307 g/mol. The maximum absolute atomic E-state index is 13.5. The molecule has 0 aliphatic heterocycles. The van der Waals surface area contributed by atoms with Crippen molar-refractivity contribution in [3.8, 4) is 22.6 Å². The number of aromatic nitrogens is 1. The van der Waals surface area contributed by atoms with Crippen molar-refractivity contribution in [2.45, 2.75) is 0 Å². The summed E-state index contributed by atoms with van der Waals surface area (Å²) in [5.41, 5.74) is 1.99. The molecule has 0 amide bonds. The Balaban J connectivity index is 2.05. The van der Waals surface area contributed by atoms with Gasteiger partial charge in [-0.15, -0.1) is 0 Å². The molecule has 0 spiro atoms. The smallest absolute Gasteiger partial charge is 0.169 e. The van der Waals surface area contributed by atoms with E-state index in [1.54, 1.807) is 6.07 Å². The van der Waals surface area contributed by atoms with E-state index >= 15 is 0 Å². The van der Waals surface area contributed by atoms with Gasteiger partial charge in [-0.2, -0.15) is 0 Å². The molecule has 0 unspecified atom stereocenters. The Morgan fingerprint density at radius 1 is 0.950 bits per heavy atom. The molecule has 3 rings (SSSR count). The van der Waals surface area contributed by atoms with Crippen molar-refractivity contribution in [1.82, 2.24) is 5.16 Å². The first kappa shape index (κ1) is 13.2. The molecule has 100 valence electrons. The van der Waals surface area contributed by atoms with Crippen molar-refractivity contribution in [3.05, 3.63) is 64.4 Å². The van der Waals surface area contributed by atoms with Gasteiger partial charge in [-0.25, -0.2) is 4.39 Å². The van der Waals surface area contributed by atoms with Crippen LogP contribution < -0.4 is 0 Å². The molecule has 0 aliphatic carbocycles. The summed E-state index contributed by atoms with van der Waals surface area (Å²) in [5, 5.41) is 4.25. The lowest BCUT2D eigenvalue weighted by Crippen LogP contribution is -1.82. The highest BCUT2D eigenvalue weighted by molar-refractivity contribution is 6.36. The Kier molecular flexibility index (Phi) is 3.47. The summed E-state index contributed by atoms with van der Waals surface area (Å²) < 4.78 is 18.8. The van der Waals surface area contributed by atoms with Crippen LogP contribution in [-0.4, -0.2) is 5.16 Å². The van der Waals surface area contributed by atoms with Crippen LogP contribution in [0, 0.1) is 5.82 Å². The highest BCUT2D eigenvalue weighted by Crippen LogP contribution is 2.34. The highest BCUT2D eigenvalue weighted by Gasteiger charge is 2.14. The molecule has 0 radical (unpaired) electrons. The number of benzene rings is 2. The van der Waals surface area contributed by atoms with Crippen molar-refractivity contribution >= 4 is 23.2 Å². The fourth-order valence-corrected chi connectivity index (χ4v) is 2.33. The van der Waals surface area contributed by atoms with Gasteiger partial charge in [0.15, 0.2) is 5.76 Å². The van der Waals surface area contributed by atoms with Crippen LogP contribution >= 0.6 is 23.2 Å². The molecule has 2 nitrogen and oxygen atoms in total. The molecule has 20 heavy (non-hydrogen) atoms. The average Bonchev–Trinajstić information content (AvgIpc) is 2.93. The topological polar surface area (TPSA) is 26.0 Å². The Bertz CT molecular complexity index is 756. The van der Waals surface area contributed by atoms with Crippen LogP contribution in [0.2, 0.25) is 10.0 Å². The van der Waals surface area contributed by atoms with Crippen molar-refractivity contribution in [2.75, 3.05) is 0 Å². The molecule has 0 aliphatic rings. The van der Waals surface area contributed by atoms with Crippen LogP contribution in [0.15, 0.2) is 53.1 Å². The molecule has 0 saturated carbocycles. The number of hydrogen-bond acceptors (Lipinski definition) is 2. The van der Waals surface area contributed by atoms with Crippen LogP contribution in [0.4, 0.5) is 4.39 Å². The maximum Gasteiger partial charge on any atom is 0.169 e. The van der Waals surface area contributed by atoms with Crippen LogP contribution in [0.1, 0.15) is 0 Å². The van der Waals surface area contributed by atoms with E-state index in [0.717, 1.165) is 5.56 Å². The molecule has 1 heterocycles. The van der Waals surface area contributed by atoms with Crippen LogP contribution in [0.25, 0.3) is 22.6 Å². The number of hydrogen-bond donors (Lipinski definition) is 0. The van der Waals surface area contributed by atoms with Gasteiger partial charge in [0.25, 0.3) is 0 Å². The van der Waals surface area contributed by atoms with Gasteiger partial charge in [-0.1, -0.05) is 58.7 Å². The molecule has 3 aromatic rings. The van der Waals surface area contributed by atoms with Crippen LogP contribution in [0.3, 0.4) is 0 Å². The Labute approximate surface area is 124 Å². The first-order chi connectivity index (χ1) is 9.65. The molecule has 0 N–H and O–H groups in total. The van der Waals surface area contributed by atoms with Crippen molar-refractivity contribution in [1.29, 1.82) is 0 Å². The second-order valence-corrected chi connectivity index (χ2v) is 5.00. The molecule has 1 aromatic heterocycles. The maximum atomic E-state index is 13.5. The van der Waals surface area contributed by atoms with E-state index in [0.29, 0.717) is 22.0 Å².